The third-order valence-corrected chi connectivity index (χ3v) is 4.18. The fraction of sp³-hybridized carbons (Fsp3) is 0.250. The fourth-order valence-corrected chi connectivity index (χ4v) is 2.63. The van der Waals surface area contributed by atoms with Crippen molar-refractivity contribution < 1.29 is 9.47 Å². The molecule has 1 aromatic heterocycles. The molecule has 7 nitrogen and oxygen atoms in total. The Bertz CT molecular complexity index is 901. The molecule has 2 aromatic carbocycles. The molecule has 140 valence electrons. The minimum atomic E-state index is 0.458. The lowest BCUT2D eigenvalue weighted by atomic mass is 10.1. The van der Waals surface area contributed by atoms with E-state index in [1.807, 2.05) is 30.3 Å². The normalized spacial score (nSPS) is 10.3. The van der Waals surface area contributed by atoms with Gasteiger partial charge in [0.1, 0.15) is 0 Å². The van der Waals surface area contributed by atoms with E-state index in [9.17, 15) is 0 Å². The van der Waals surface area contributed by atoms with Crippen LogP contribution in [-0.4, -0.2) is 29.4 Å². The lowest BCUT2D eigenvalue weighted by Gasteiger charge is -2.11. The summed E-state index contributed by atoms with van der Waals surface area (Å²) in [6.07, 6.45) is 1.61. The summed E-state index contributed by atoms with van der Waals surface area (Å²) in [6.45, 7) is 3.31. The van der Waals surface area contributed by atoms with Gasteiger partial charge in [0.05, 0.1) is 20.4 Å². The highest BCUT2D eigenvalue weighted by atomic mass is 16.5. The maximum Gasteiger partial charge on any atom is 0.244 e. The van der Waals surface area contributed by atoms with Crippen LogP contribution in [0.1, 0.15) is 16.7 Å². The summed E-state index contributed by atoms with van der Waals surface area (Å²) in [4.78, 5) is 4.46. The predicted octanol–water partition coefficient (Wildman–Crippen LogP) is 3.42. The van der Waals surface area contributed by atoms with Crippen molar-refractivity contribution in [1.29, 1.82) is 0 Å². The number of ether oxygens (including phenoxy) is 2. The highest BCUT2D eigenvalue weighted by Crippen LogP contribution is 2.27. The smallest absolute Gasteiger partial charge is 0.244 e. The second-order valence-electron chi connectivity index (χ2n) is 5.99. The van der Waals surface area contributed by atoms with E-state index in [0.717, 1.165) is 5.56 Å². The molecule has 0 aliphatic rings. The van der Waals surface area contributed by atoms with Crippen molar-refractivity contribution >= 4 is 11.8 Å². The molecule has 3 rings (SSSR count). The number of nitrogens with one attached hydrogen (secondary N) is 2. The van der Waals surface area contributed by atoms with Crippen LogP contribution in [0.3, 0.4) is 0 Å². The van der Waals surface area contributed by atoms with Crippen LogP contribution in [0.25, 0.3) is 0 Å². The number of benzene rings is 2. The Hall–Kier alpha value is -3.35. The molecule has 3 aromatic rings. The molecule has 0 saturated carbocycles. The topological polar surface area (TPSA) is 81.2 Å². The first-order valence-electron chi connectivity index (χ1n) is 8.62. The summed E-state index contributed by atoms with van der Waals surface area (Å²) in [7, 11) is 3.23. The molecule has 1 heterocycles. The molecule has 0 saturated heterocycles. The van der Waals surface area contributed by atoms with Gasteiger partial charge in [-0.15, -0.1) is 5.10 Å². The largest absolute Gasteiger partial charge is 0.493 e. The molecule has 27 heavy (non-hydrogen) atoms. The fourth-order valence-electron chi connectivity index (χ4n) is 2.63. The van der Waals surface area contributed by atoms with Gasteiger partial charge < -0.3 is 20.1 Å². The van der Waals surface area contributed by atoms with Crippen LogP contribution in [0.5, 0.6) is 11.5 Å². The van der Waals surface area contributed by atoms with Crippen molar-refractivity contribution in [2.24, 2.45) is 0 Å². The van der Waals surface area contributed by atoms with Gasteiger partial charge in [-0.05, 0) is 35.7 Å². The van der Waals surface area contributed by atoms with E-state index in [4.69, 9.17) is 9.47 Å². The minimum Gasteiger partial charge on any atom is -0.493 e. The first-order valence-corrected chi connectivity index (χ1v) is 8.62. The first-order chi connectivity index (χ1) is 13.2. The molecule has 2 N–H and O–H groups in total. The molecule has 0 bridgehead atoms. The number of hydrogen-bond acceptors (Lipinski definition) is 7. The van der Waals surface area contributed by atoms with Crippen molar-refractivity contribution in [3.8, 4) is 11.5 Å². The maximum atomic E-state index is 5.33. The van der Waals surface area contributed by atoms with Crippen LogP contribution in [0, 0.1) is 6.92 Å². The van der Waals surface area contributed by atoms with Gasteiger partial charge in [0.2, 0.25) is 5.95 Å². The van der Waals surface area contributed by atoms with Crippen LogP contribution in [-0.2, 0) is 13.1 Å². The van der Waals surface area contributed by atoms with E-state index < -0.39 is 0 Å². The van der Waals surface area contributed by atoms with Gasteiger partial charge in [-0.25, -0.2) is 0 Å². The monoisotopic (exact) mass is 365 g/mol. The Morgan fingerprint density at radius 3 is 2.52 bits per heavy atom. The van der Waals surface area contributed by atoms with Crippen molar-refractivity contribution in [1.82, 2.24) is 15.2 Å². The molecule has 0 aliphatic carbocycles. The van der Waals surface area contributed by atoms with Gasteiger partial charge >= 0.3 is 0 Å². The average molecular weight is 365 g/mol. The van der Waals surface area contributed by atoms with Crippen LogP contribution < -0.4 is 20.1 Å². The van der Waals surface area contributed by atoms with E-state index in [1.165, 1.54) is 11.1 Å². The molecule has 0 aliphatic heterocycles. The Labute approximate surface area is 158 Å². The Morgan fingerprint density at radius 2 is 1.74 bits per heavy atom. The molecule has 0 spiro atoms. The lowest BCUT2D eigenvalue weighted by molar-refractivity contribution is 0.354. The van der Waals surface area contributed by atoms with E-state index in [2.05, 4.69) is 44.9 Å². The van der Waals surface area contributed by atoms with Gasteiger partial charge in [-0.3, -0.25) is 0 Å². The zero-order valence-corrected chi connectivity index (χ0v) is 15.7. The zero-order valence-electron chi connectivity index (χ0n) is 15.7. The van der Waals surface area contributed by atoms with Crippen molar-refractivity contribution in [3.05, 3.63) is 65.4 Å². The number of methoxy groups -OCH3 is 2. The number of aryl methyl sites for hydroxylation is 1. The van der Waals surface area contributed by atoms with Gasteiger partial charge in [0.25, 0.3) is 0 Å². The third-order valence-electron chi connectivity index (χ3n) is 4.18. The quantitative estimate of drug-likeness (QED) is 0.633. The molecule has 0 radical (unpaired) electrons. The van der Waals surface area contributed by atoms with Crippen LogP contribution in [0.2, 0.25) is 0 Å². The second kappa shape index (κ2) is 8.84. The van der Waals surface area contributed by atoms with Crippen LogP contribution in [0.15, 0.2) is 48.7 Å². The van der Waals surface area contributed by atoms with E-state index in [1.54, 1.807) is 20.4 Å². The van der Waals surface area contributed by atoms with E-state index in [0.29, 0.717) is 36.4 Å². The number of rotatable bonds is 8. The molecule has 0 fully saturated rings. The summed E-state index contributed by atoms with van der Waals surface area (Å²) in [5.41, 5.74) is 3.48. The maximum absolute atomic E-state index is 5.33. The predicted molar refractivity (Wildman–Crippen MR) is 105 cm³/mol. The minimum absolute atomic E-state index is 0.458. The van der Waals surface area contributed by atoms with Crippen molar-refractivity contribution in [2.75, 3.05) is 24.9 Å². The van der Waals surface area contributed by atoms with E-state index in [-0.39, 0.29) is 0 Å². The summed E-state index contributed by atoms with van der Waals surface area (Å²) < 4.78 is 10.6. The molecule has 0 atom stereocenters. The number of aromatic nitrogens is 3. The van der Waals surface area contributed by atoms with Crippen LogP contribution >= 0.6 is 0 Å². The average Bonchev–Trinajstić information content (AvgIpc) is 2.71. The standard InChI is InChI=1S/C20H23N5O2/c1-14-6-4-5-7-16(14)12-21-19-13-23-25-20(24-19)22-11-15-8-9-17(26-2)18(10-15)27-3/h4-10,13H,11-12H2,1-3H3,(H2,21,22,24,25). The summed E-state index contributed by atoms with van der Waals surface area (Å²) in [5, 5.41) is 14.5. The van der Waals surface area contributed by atoms with Crippen molar-refractivity contribution in [3.63, 3.8) is 0 Å². The van der Waals surface area contributed by atoms with Gasteiger partial charge in [-0.2, -0.15) is 10.1 Å². The van der Waals surface area contributed by atoms with E-state index >= 15 is 0 Å². The Kier molecular flexibility index (Phi) is 6.04. The molecular formula is C20H23N5O2. The number of hydrogen-bond donors (Lipinski definition) is 2. The third kappa shape index (κ3) is 4.84. The highest BCUT2D eigenvalue weighted by Gasteiger charge is 2.06. The lowest BCUT2D eigenvalue weighted by Crippen LogP contribution is -2.08. The van der Waals surface area contributed by atoms with Gasteiger partial charge in [0, 0.05) is 13.1 Å². The van der Waals surface area contributed by atoms with Crippen molar-refractivity contribution in [2.45, 2.75) is 20.0 Å². The number of anilines is 2. The first kappa shape index (κ1) is 18.4. The number of nitrogens with zero attached hydrogens (tertiary/aromatic N) is 3. The summed E-state index contributed by atoms with van der Waals surface area (Å²) >= 11 is 0. The summed E-state index contributed by atoms with van der Waals surface area (Å²) in [5.74, 6) is 2.51. The Balaban J connectivity index is 1.61. The summed E-state index contributed by atoms with van der Waals surface area (Å²) in [6, 6.07) is 14.0. The molecule has 0 unspecified atom stereocenters. The van der Waals surface area contributed by atoms with Gasteiger partial charge in [0.15, 0.2) is 17.3 Å². The second-order valence-corrected chi connectivity index (χ2v) is 5.99. The molecule has 0 amide bonds. The Morgan fingerprint density at radius 1 is 0.926 bits per heavy atom. The molecule has 7 heteroatoms. The van der Waals surface area contributed by atoms with Gasteiger partial charge in [-0.1, -0.05) is 30.3 Å². The SMILES string of the molecule is COc1ccc(CNc2nncc(NCc3ccccc3C)n2)cc1OC. The highest BCUT2D eigenvalue weighted by molar-refractivity contribution is 5.44. The van der Waals surface area contributed by atoms with Crippen LogP contribution in [0.4, 0.5) is 11.8 Å². The molecular weight excluding hydrogens is 342 g/mol. The zero-order chi connectivity index (χ0) is 19.1.